The number of carboxylic acid groups (broad SMARTS) is 1. The molecule has 0 aliphatic heterocycles. The second kappa shape index (κ2) is 9.28. The Morgan fingerprint density at radius 2 is 1.85 bits per heavy atom. The van der Waals surface area contributed by atoms with Gasteiger partial charge in [0.25, 0.3) is 0 Å². The van der Waals surface area contributed by atoms with E-state index in [1.807, 2.05) is 13.1 Å². The maximum Gasteiger partial charge on any atom is 0.337 e. The summed E-state index contributed by atoms with van der Waals surface area (Å²) in [5, 5.41) is 9.59. The van der Waals surface area contributed by atoms with Crippen LogP contribution >= 0.6 is 11.6 Å². The van der Waals surface area contributed by atoms with E-state index in [-0.39, 0.29) is 5.56 Å². The number of nitrogens with zero attached hydrogens (tertiary/aromatic N) is 2. The summed E-state index contributed by atoms with van der Waals surface area (Å²) in [6.07, 6.45) is 1.71. The molecule has 2 N–H and O–H groups in total. The highest BCUT2D eigenvalue weighted by Crippen LogP contribution is 2.28. The molecule has 0 radical (unpaired) electrons. The van der Waals surface area contributed by atoms with E-state index in [1.165, 1.54) is 28.3 Å². The van der Waals surface area contributed by atoms with E-state index in [0.717, 1.165) is 41.0 Å². The third-order valence-electron chi connectivity index (χ3n) is 6.15. The van der Waals surface area contributed by atoms with Gasteiger partial charge in [-0.05, 0) is 66.3 Å². The number of aromatic carboxylic acids is 1. The van der Waals surface area contributed by atoms with Crippen LogP contribution < -0.4 is 4.90 Å². The summed E-state index contributed by atoms with van der Waals surface area (Å²) in [5.41, 5.74) is 9.11. The van der Waals surface area contributed by atoms with Crippen molar-refractivity contribution in [2.45, 2.75) is 40.2 Å². The van der Waals surface area contributed by atoms with Crippen molar-refractivity contribution in [1.29, 1.82) is 0 Å². The zero-order valence-corrected chi connectivity index (χ0v) is 20.1. The van der Waals surface area contributed by atoms with Gasteiger partial charge in [0.15, 0.2) is 0 Å². The maximum atomic E-state index is 11.4. The molecule has 0 spiro atoms. The Morgan fingerprint density at radius 1 is 1.12 bits per heavy atom. The van der Waals surface area contributed by atoms with Gasteiger partial charge in [-0.1, -0.05) is 48.9 Å². The lowest BCUT2D eigenvalue weighted by molar-refractivity contribution is 0.0697. The highest BCUT2D eigenvalue weighted by atomic mass is 35.5. The molecule has 6 heteroatoms. The summed E-state index contributed by atoms with van der Waals surface area (Å²) >= 11 is 6.32. The van der Waals surface area contributed by atoms with Crippen LogP contribution in [-0.2, 0) is 19.4 Å². The molecule has 1 heterocycles. The molecule has 0 saturated carbocycles. The molecule has 0 bridgehead atoms. The van der Waals surface area contributed by atoms with Crippen LogP contribution in [0.1, 0.15) is 50.9 Å². The van der Waals surface area contributed by atoms with Gasteiger partial charge in [-0.2, -0.15) is 0 Å². The Kier molecular flexibility index (Phi) is 6.43. The number of benzene rings is 3. The van der Waals surface area contributed by atoms with Crippen LogP contribution in [0.25, 0.3) is 11.0 Å². The lowest BCUT2D eigenvalue weighted by Gasteiger charge is -2.21. The van der Waals surface area contributed by atoms with Crippen molar-refractivity contribution in [3.63, 3.8) is 0 Å². The Morgan fingerprint density at radius 3 is 2.52 bits per heavy atom. The van der Waals surface area contributed by atoms with Gasteiger partial charge in [0, 0.05) is 25.7 Å². The number of fused-ring (bicyclic) bond motifs is 1. The van der Waals surface area contributed by atoms with Gasteiger partial charge in [0.2, 0.25) is 0 Å². The summed E-state index contributed by atoms with van der Waals surface area (Å²) in [6, 6.07) is 15.8. The number of rotatable bonds is 7. The van der Waals surface area contributed by atoms with Gasteiger partial charge in [-0.15, -0.1) is 0 Å². The van der Waals surface area contributed by atoms with Gasteiger partial charge in [-0.3, -0.25) is 0 Å². The SMILES string of the molecule is CCc1nc2c(C)cc(C)c(Cc3ccc(N(C)Cc4cccc(C(=O)O)c4Cl)cc3)c2[nH]1. The minimum Gasteiger partial charge on any atom is -0.478 e. The first-order valence-corrected chi connectivity index (χ1v) is 11.4. The molecule has 0 saturated heterocycles. The highest BCUT2D eigenvalue weighted by molar-refractivity contribution is 6.34. The first-order chi connectivity index (χ1) is 15.8. The summed E-state index contributed by atoms with van der Waals surface area (Å²) in [4.78, 5) is 21.7. The molecule has 0 unspecified atom stereocenters. The molecule has 170 valence electrons. The topological polar surface area (TPSA) is 69.2 Å². The van der Waals surface area contributed by atoms with Crippen LogP contribution in [-0.4, -0.2) is 28.1 Å². The second-order valence-corrected chi connectivity index (χ2v) is 8.91. The van der Waals surface area contributed by atoms with Gasteiger partial charge in [0.1, 0.15) is 5.82 Å². The normalized spacial score (nSPS) is 11.2. The van der Waals surface area contributed by atoms with Gasteiger partial charge < -0.3 is 15.0 Å². The predicted molar refractivity (Wildman–Crippen MR) is 135 cm³/mol. The molecular weight excluding hydrogens is 434 g/mol. The quantitative estimate of drug-likeness (QED) is 0.338. The van der Waals surface area contributed by atoms with Crippen molar-refractivity contribution in [1.82, 2.24) is 9.97 Å². The van der Waals surface area contributed by atoms with E-state index in [9.17, 15) is 9.90 Å². The number of hydrogen-bond acceptors (Lipinski definition) is 3. The standard InChI is InChI=1S/C27H28ClN3O2/c1-5-23-29-25-17(3)13-16(2)22(26(25)30-23)14-18-9-11-20(12-10-18)31(4)15-19-7-6-8-21(24(19)28)27(32)33/h6-13H,5,14-15H2,1-4H3,(H,29,30)(H,32,33). The number of imidazole rings is 1. The van der Waals surface area contributed by atoms with E-state index < -0.39 is 5.97 Å². The van der Waals surface area contributed by atoms with Crippen LogP contribution in [0.2, 0.25) is 5.02 Å². The molecular formula is C27H28ClN3O2. The molecule has 0 fully saturated rings. The Bertz CT molecular complexity index is 1330. The van der Waals surface area contributed by atoms with Crippen LogP contribution in [0.5, 0.6) is 0 Å². The van der Waals surface area contributed by atoms with E-state index in [0.29, 0.717) is 11.6 Å². The molecule has 33 heavy (non-hydrogen) atoms. The zero-order chi connectivity index (χ0) is 23.7. The number of carbonyl (C=O) groups is 1. The predicted octanol–water partition coefficient (Wildman–Crippen LogP) is 6.32. The molecule has 4 aromatic rings. The zero-order valence-electron chi connectivity index (χ0n) is 19.4. The molecule has 0 atom stereocenters. The van der Waals surface area contributed by atoms with Crippen molar-refractivity contribution in [3.8, 4) is 0 Å². The summed E-state index contributed by atoms with van der Waals surface area (Å²) in [5.74, 6) is 0.000221. The van der Waals surface area contributed by atoms with Crippen LogP contribution in [0, 0.1) is 13.8 Å². The average molecular weight is 462 g/mol. The maximum absolute atomic E-state index is 11.4. The average Bonchev–Trinajstić information content (AvgIpc) is 3.23. The number of halogens is 1. The fraction of sp³-hybridized carbons (Fsp3) is 0.259. The molecule has 0 amide bonds. The summed E-state index contributed by atoms with van der Waals surface area (Å²) in [7, 11) is 1.98. The lowest BCUT2D eigenvalue weighted by Crippen LogP contribution is -2.17. The number of nitrogens with one attached hydrogen (secondary N) is 1. The number of carboxylic acids is 1. The van der Waals surface area contributed by atoms with Crippen molar-refractivity contribution < 1.29 is 9.90 Å². The third kappa shape index (κ3) is 4.60. The Balaban J connectivity index is 1.56. The van der Waals surface area contributed by atoms with E-state index in [1.54, 1.807) is 6.07 Å². The smallest absolute Gasteiger partial charge is 0.337 e. The number of hydrogen-bond donors (Lipinski definition) is 2. The van der Waals surface area contributed by atoms with Gasteiger partial charge >= 0.3 is 5.97 Å². The third-order valence-corrected chi connectivity index (χ3v) is 6.59. The highest BCUT2D eigenvalue weighted by Gasteiger charge is 2.15. The first kappa shape index (κ1) is 22.9. The Hall–Kier alpha value is -3.31. The monoisotopic (exact) mass is 461 g/mol. The number of aromatic nitrogens is 2. The lowest BCUT2D eigenvalue weighted by atomic mass is 9.96. The van der Waals surface area contributed by atoms with Crippen LogP contribution in [0.4, 0.5) is 5.69 Å². The van der Waals surface area contributed by atoms with E-state index in [2.05, 4.69) is 61.0 Å². The first-order valence-electron chi connectivity index (χ1n) is 11.1. The second-order valence-electron chi connectivity index (χ2n) is 8.53. The van der Waals surface area contributed by atoms with E-state index in [4.69, 9.17) is 16.6 Å². The van der Waals surface area contributed by atoms with E-state index >= 15 is 0 Å². The summed E-state index contributed by atoms with van der Waals surface area (Å²) in [6.45, 7) is 6.90. The number of aromatic amines is 1. The number of H-pyrrole nitrogens is 1. The minimum absolute atomic E-state index is 0.128. The largest absolute Gasteiger partial charge is 0.478 e. The summed E-state index contributed by atoms with van der Waals surface area (Å²) < 4.78 is 0. The molecule has 4 rings (SSSR count). The molecule has 3 aromatic carbocycles. The number of anilines is 1. The minimum atomic E-state index is -1.02. The van der Waals surface area contributed by atoms with Crippen molar-refractivity contribution in [3.05, 3.63) is 92.8 Å². The van der Waals surface area contributed by atoms with Crippen molar-refractivity contribution >= 4 is 34.3 Å². The molecule has 5 nitrogen and oxygen atoms in total. The van der Waals surface area contributed by atoms with Gasteiger partial charge in [0.05, 0.1) is 21.6 Å². The fourth-order valence-corrected chi connectivity index (χ4v) is 4.55. The van der Waals surface area contributed by atoms with Crippen LogP contribution in [0.15, 0.2) is 48.5 Å². The number of aryl methyl sites for hydroxylation is 3. The van der Waals surface area contributed by atoms with Crippen molar-refractivity contribution in [2.75, 3.05) is 11.9 Å². The molecule has 0 aliphatic carbocycles. The van der Waals surface area contributed by atoms with Crippen LogP contribution in [0.3, 0.4) is 0 Å². The van der Waals surface area contributed by atoms with Gasteiger partial charge in [-0.25, -0.2) is 9.78 Å². The van der Waals surface area contributed by atoms with Crippen molar-refractivity contribution in [2.24, 2.45) is 0 Å². The molecule has 1 aromatic heterocycles. The molecule has 0 aliphatic rings. The Labute approximate surface area is 199 Å². The fourth-order valence-electron chi connectivity index (χ4n) is 4.28.